The van der Waals surface area contributed by atoms with Crippen molar-refractivity contribution in [3.05, 3.63) is 18.0 Å². The Balaban J connectivity index is 2.62. The molecule has 1 heterocycles. The first-order chi connectivity index (χ1) is 7.00. The van der Waals surface area contributed by atoms with Gasteiger partial charge in [-0.3, -0.25) is 0 Å². The van der Waals surface area contributed by atoms with Gasteiger partial charge in [0.1, 0.15) is 0 Å². The number of nitrogens with zero attached hydrogens (tertiary/aromatic N) is 2. The molecule has 6 nitrogen and oxygen atoms in total. The Hall–Kier alpha value is -1.85. The molecule has 2 N–H and O–H groups in total. The Kier molecular flexibility index (Phi) is 3.43. The lowest BCUT2D eigenvalue weighted by Crippen LogP contribution is -2.32. The lowest BCUT2D eigenvalue weighted by molar-refractivity contribution is 0.0690. The Bertz CT molecular complexity index is 370. The molecule has 82 valence electrons. The molecule has 0 unspecified atom stereocenters. The predicted octanol–water partition coefficient (Wildman–Crippen LogP) is 0.795. The zero-order valence-corrected chi connectivity index (χ0v) is 8.60. The van der Waals surface area contributed by atoms with Gasteiger partial charge in [0.25, 0.3) is 0 Å². The maximum atomic E-state index is 11.4. The Morgan fingerprint density at radius 1 is 1.60 bits per heavy atom. The maximum Gasteiger partial charge on any atom is 0.356 e. The fourth-order valence-corrected chi connectivity index (χ4v) is 0.924. The molecule has 0 saturated heterocycles. The zero-order chi connectivity index (χ0) is 11.4. The van der Waals surface area contributed by atoms with Crippen molar-refractivity contribution in [2.75, 3.05) is 6.54 Å². The second kappa shape index (κ2) is 4.59. The normalized spacial score (nSPS) is 10.3. The molecular formula is C9H13N3O3. The lowest BCUT2D eigenvalue weighted by atomic mass is 10.2. The number of carbonyl (C=O) groups is 2. The minimum absolute atomic E-state index is 0.144. The molecular weight excluding hydrogens is 198 g/mol. The minimum atomic E-state index is -1.15. The highest BCUT2D eigenvalue weighted by Gasteiger charge is 2.10. The van der Waals surface area contributed by atoms with E-state index < -0.39 is 12.0 Å². The van der Waals surface area contributed by atoms with Gasteiger partial charge in [0.2, 0.25) is 0 Å². The fraction of sp³-hybridized carbons (Fsp3) is 0.444. The van der Waals surface area contributed by atoms with Crippen LogP contribution in [-0.4, -0.2) is 33.4 Å². The Morgan fingerprint density at radius 2 is 2.27 bits per heavy atom. The summed E-state index contributed by atoms with van der Waals surface area (Å²) in [5.41, 5.74) is -0.144. The highest BCUT2D eigenvalue weighted by Crippen LogP contribution is 1.95. The van der Waals surface area contributed by atoms with Crippen molar-refractivity contribution in [2.45, 2.75) is 13.8 Å². The summed E-state index contributed by atoms with van der Waals surface area (Å²) < 4.78 is 0.978. The van der Waals surface area contributed by atoms with Crippen LogP contribution in [0.2, 0.25) is 0 Å². The average Bonchev–Trinajstić information content (AvgIpc) is 2.62. The minimum Gasteiger partial charge on any atom is -0.476 e. The van der Waals surface area contributed by atoms with E-state index in [1.54, 1.807) is 0 Å². The molecule has 0 bridgehead atoms. The largest absolute Gasteiger partial charge is 0.476 e. The Morgan fingerprint density at radius 3 is 2.73 bits per heavy atom. The standard InChI is InChI=1S/C9H13N3O3/c1-6(2)5-10-9(15)12-4-3-7(11-12)8(13)14/h3-4,6H,5H2,1-2H3,(H,10,15)(H,13,14). The molecule has 0 aliphatic rings. The number of carboxylic acid groups (broad SMARTS) is 1. The van der Waals surface area contributed by atoms with Gasteiger partial charge in [-0.25, -0.2) is 9.59 Å². The number of rotatable bonds is 3. The van der Waals surface area contributed by atoms with Crippen molar-refractivity contribution in [1.29, 1.82) is 0 Å². The van der Waals surface area contributed by atoms with Gasteiger partial charge in [-0.15, -0.1) is 0 Å². The van der Waals surface area contributed by atoms with Crippen molar-refractivity contribution in [3.8, 4) is 0 Å². The molecule has 0 aromatic carbocycles. The van der Waals surface area contributed by atoms with Crippen molar-refractivity contribution >= 4 is 12.0 Å². The Labute approximate surface area is 86.9 Å². The van der Waals surface area contributed by atoms with Crippen molar-refractivity contribution in [3.63, 3.8) is 0 Å². The smallest absolute Gasteiger partial charge is 0.356 e. The highest BCUT2D eigenvalue weighted by atomic mass is 16.4. The number of aromatic carboxylic acids is 1. The van der Waals surface area contributed by atoms with Crippen LogP contribution in [0.4, 0.5) is 4.79 Å². The van der Waals surface area contributed by atoms with Gasteiger partial charge < -0.3 is 10.4 Å². The quantitative estimate of drug-likeness (QED) is 0.774. The summed E-state index contributed by atoms with van der Waals surface area (Å²) in [6, 6.07) is 0.855. The van der Waals surface area contributed by atoms with Crippen LogP contribution in [0.1, 0.15) is 24.3 Å². The van der Waals surface area contributed by atoms with Gasteiger partial charge >= 0.3 is 12.0 Å². The molecule has 0 fully saturated rings. The molecule has 6 heteroatoms. The summed E-state index contributed by atoms with van der Waals surface area (Å²) in [5, 5.41) is 14.8. The topological polar surface area (TPSA) is 84.2 Å². The van der Waals surface area contributed by atoms with E-state index in [4.69, 9.17) is 5.11 Å². The third-order valence-electron chi connectivity index (χ3n) is 1.68. The van der Waals surface area contributed by atoms with E-state index in [0.29, 0.717) is 12.5 Å². The molecule has 0 radical (unpaired) electrons. The molecule has 15 heavy (non-hydrogen) atoms. The number of hydrogen-bond acceptors (Lipinski definition) is 3. The van der Waals surface area contributed by atoms with Crippen LogP contribution in [0.3, 0.4) is 0 Å². The van der Waals surface area contributed by atoms with Gasteiger partial charge in [-0.1, -0.05) is 13.8 Å². The second-order valence-corrected chi connectivity index (χ2v) is 3.53. The SMILES string of the molecule is CC(C)CNC(=O)n1ccc(C(=O)O)n1. The van der Waals surface area contributed by atoms with Gasteiger partial charge in [0.15, 0.2) is 5.69 Å². The monoisotopic (exact) mass is 211 g/mol. The fourth-order valence-electron chi connectivity index (χ4n) is 0.924. The van der Waals surface area contributed by atoms with Crippen LogP contribution in [0.25, 0.3) is 0 Å². The van der Waals surface area contributed by atoms with Crippen LogP contribution < -0.4 is 5.32 Å². The molecule has 1 aromatic rings. The van der Waals surface area contributed by atoms with E-state index >= 15 is 0 Å². The van der Waals surface area contributed by atoms with E-state index in [1.165, 1.54) is 12.3 Å². The molecule has 0 saturated carbocycles. The molecule has 1 aromatic heterocycles. The first-order valence-electron chi connectivity index (χ1n) is 4.58. The number of carbonyl (C=O) groups excluding carboxylic acids is 1. The number of aromatic nitrogens is 2. The number of carboxylic acids is 1. The molecule has 1 amide bonds. The highest BCUT2D eigenvalue weighted by molar-refractivity contribution is 5.86. The summed E-state index contributed by atoms with van der Waals surface area (Å²) in [6.45, 7) is 4.46. The van der Waals surface area contributed by atoms with E-state index in [1.807, 2.05) is 13.8 Å². The summed E-state index contributed by atoms with van der Waals surface area (Å²) in [4.78, 5) is 21.9. The first-order valence-corrected chi connectivity index (χ1v) is 4.58. The van der Waals surface area contributed by atoms with E-state index in [-0.39, 0.29) is 5.69 Å². The maximum absolute atomic E-state index is 11.4. The van der Waals surface area contributed by atoms with Crippen molar-refractivity contribution in [1.82, 2.24) is 15.1 Å². The summed E-state index contributed by atoms with van der Waals surface area (Å²) >= 11 is 0. The predicted molar refractivity (Wildman–Crippen MR) is 52.8 cm³/mol. The summed E-state index contributed by atoms with van der Waals surface area (Å²) in [6.07, 6.45) is 1.32. The molecule has 1 rings (SSSR count). The first kappa shape index (κ1) is 11.2. The van der Waals surface area contributed by atoms with Crippen molar-refractivity contribution in [2.24, 2.45) is 5.92 Å². The molecule has 0 atom stereocenters. The van der Waals surface area contributed by atoms with E-state index in [9.17, 15) is 9.59 Å². The number of nitrogens with one attached hydrogen (secondary N) is 1. The van der Waals surface area contributed by atoms with Gasteiger partial charge in [-0.05, 0) is 12.0 Å². The number of amides is 1. The van der Waals surface area contributed by atoms with Crippen LogP contribution in [-0.2, 0) is 0 Å². The van der Waals surface area contributed by atoms with Crippen molar-refractivity contribution < 1.29 is 14.7 Å². The second-order valence-electron chi connectivity index (χ2n) is 3.53. The van der Waals surface area contributed by atoms with Crippen LogP contribution >= 0.6 is 0 Å². The van der Waals surface area contributed by atoms with Crippen LogP contribution in [0, 0.1) is 5.92 Å². The third-order valence-corrected chi connectivity index (χ3v) is 1.68. The zero-order valence-electron chi connectivity index (χ0n) is 8.60. The summed E-state index contributed by atoms with van der Waals surface area (Å²) in [7, 11) is 0. The van der Waals surface area contributed by atoms with Crippen LogP contribution in [0.15, 0.2) is 12.3 Å². The van der Waals surface area contributed by atoms with Crippen LogP contribution in [0.5, 0.6) is 0 Å². The molecule has 0 aliphatic heterocycles. The third kappa shape index (κ3) is 3.08. The summed E-state index contributed by atoms with van der Waals surface area (Å²) in [5.74, 6) is -0.811. The average molecular weight is 211 g/mol. The van der Waals surface area contributed by atoms with Gasteiger partial charge in [0, 0.05) is 12.7 Å². The molecule has 0 spiro atoms. The van der Waals surface area contributed by atoms with Gasteiger partial charge in [0.05, 0.1) is 0 Å². The molecule has 0 aliphatic carbocycles. The van der Waals surface area contributed by atoms with E-state index in [2.05, 4.69) is 10.4 Å². The van der Waals surface area contributed by atoms with Gasteiger partial charge in [-0.2, -0.15) is 9.78 Å². The lowest BCUT2D eigenvalue weighted by Gasteiger charge is -2.06. The van der Waals surface area contributed by atoms with E-state index in [0.717, 1.165) is 4.68 Å². The number of hydrogen-bond donors (Lipinski definition) is 2.